The molecule has 3 heteroatoms. The summed E-state index contributed by atoms with van der Waals surface area (Å²) in [6.45, 7) is 1.53. The van der Waals surface area contributed by atoms with Gasteiger partial charge in [-0.3, -0.25) is 0 Å². The van der Waals surface area contributed by atoms with Gasteiger partial charge in [0.05, 0.1) is 0 Å². The highest BCUT2D eigenvalue weighted by Gasteiger charge is 2.23. The molecule has 1 aromatic rings. The largest absolute Gasteiger partial charge is 0.327 e. The molecule has 0 saturated carbocycles. The van der Waals surface area contributed by atoms with Crippen molar-refractivity contribution in [2.24, 2.45) is 5.73 Å². The van der Waals surface area contributed by atoms with Crippen LogP contribution in [0.4, 0.5) is 4.39 Å². The number of rotatable bonds is 3. The predicted octanol–water partition coefficient (Wildman–Crippen LogP) is 2.55. The second kappa shape index (κ2) is 4.11. The number of hydrogen-bond acceptors (Lipinski definition) is 2. The quantitative estimate of drug-likeness (QED) is 0.757. The van der Waals surface area contributed by atoms with Crippen LogP contribution < -0.4 is 5.73 Å². The molecule has 0 amide bonds. The van der Waals surface area contributed by atoms with E-state index in [9.17, 15) is 4.39 Å². The van der Waals surface area contributed by atoms with Crippen LogP contribution in [-0.4, -0.2) is 12.8 Å². The van der Waals surface area contributed by atoms with Crippen LogP contribution in [-0.2, 0) is 5.67 Å². The van der Waals surface area contributed by atoms with Gasteiger partial charge in [-0.2, -0.15) is 0 Å². The van der Waals surface area contributed by atoms with Gasteiger partial charge in [0.15, 0.2) is 0 Å². The number of hydrogen-bond donors (Lipinski definition) is 1. The Morgan fingerprint density at radius 1 is 1.54 bits per heavy atom. The summed E-state index contributed by atoms with van der Waals surface area (Å²) in [5, 5.41) is 0. The van der Waals surface area contributed by atoms with Gasteiger partial charge in [-0.05, 0) is 30.9 Å². The molecule has 13 heavy (non-hydrogen) atoms. The van der Waals surface area contributed by atoms with Crippen molar-refractivity contribution in [3.05, 3.63) is 29.8 Å². The Morgan fingerprint density at radius 3 is 2.77 bits per heavy atom. The molecule has 1 unspecified atom stereocenters. The molecule has 0 fully saturated rings. The van der Waals surface area contributed by atoms with E-state index in [2.05, 4.69) is 0 Å². The van der Waals surface area contributed by atoms with E-state index < -0.39 is 5.67 Å². The van der Waals surface area contributed by atoms with Crippen molar-refractivity contribution in [1.82, 2.24) is 0 Å². The third kappa shape index (κ3) is 2.45. The summed E-state index contributed by atoms with van der Waals surface area (Å²) in [5.74, 6) is 0. The molecule has 1 aromatic carbocycles. The van der Waals surface area contributed by atoms with E-state index >= 15 is 0 Å². The summed E-state index contributed by atoms with van der Waals surface area (Å²) < 4.78 is 13.7. The molecule has 0 bridgehead atoms. The summed E-state index contributed by atoms with van der Waals surface area (Å²) in [5.41, 5.74) is 4.59. The maximum absolute atomic E-state index is 13.7. The molecule has 0 aromatic heterocycles. The SMILES string of the molecule is CSc1cccc(C(C)(F)CN)c1. The second-order valence-corrected chi connectivity index (χ2v) is 4.01. The molecule has 0 radical (unpaired) electrons. The number of benzene rings is 1. The summed E-state index contributed by atoms with van der Waals surface area (Å²) >= 11 is 1.60. The minimum absolute atomic E-state index is 0.0187. The fourth-order valence-electron chi connectivity index (χ4n) is 1.07. The normalized spacial score (nSPS) is 15.4. The topological polar surface area (TPSA) is 26.0 Å². The molecule has 0 aliphatic carbocycles. The van der Waals surface area contributed by atoms with Gasteiger partial charge in [0.1, 0.15) is 5.67 Å². The first-order valence-electron chi connectivity index (χ1n) is 4.13. The highest BCUT2D eigenvalue weighted by Crippen LogP contribution is 2.27. The lowest BCUT2D eigenvalue weighted by Crippen LogP contribution is -2.26. The van der Waals surface area contributed by atoms with Crippen molar-refractivity contribution in [3.63, 3.8) is 0 Å². The van der Waals surface area contributed by atoms with Crippen molar-refractivity contribution in [2.75, 3.05) is 12.8 Å². The van der Waals surface area contributed by atoms with E-state index in [1.165, 1.54) is 6.92 Å². The van der Waals surface area contributed by atoms with Gasteiger partial charge in [-0.15, -0.1) is 11.8 Å². The Bertz CT molecular complexity index is 286. The Labute approximate surface area is 82.5 Å². The third-order valence-corrected chi connectivity index (χ3v) is 2.78. The zero-order chi connectivity index (χ0) is 9.90. The first kappa shape index (κ1) is 10.5. The lowest BCUT2D eigenvalue weighted by atomic mass is 9.98. The van der Waals surface area contributed by atoms with Crippen LogP contribution in [0.2, 0.25) is 0 Å². The zero-order valence-electron chi connectivity index (χ0n) is 7.88. The van der Waals surface area contributed by atoms with E-state index in [1.54, 1.807) is 17.8 Å². The van der Waals surface area contributed by atoms with Crippen LogP contribution in [0, 0.1) is 0 Å². The summed E-state index contributed by atoms with van der Waals surface area (Å²) in [6, 6.07) is 7.43. The molecule has 1 rings (SSSR count). The highest BCUT2D eigenvalue weighted by atomic mass is 32.2. The van der Waals surface area contributed by atoms with Crippen LogP contribution >= 0.6 is 11.8 Å². The fourth-order valence-corrected chi connectivity index (χ4v) is 1.52. The Balaban J connectivity index is 3.01. The molecule has 72 valence electrons. The molecule has 0 saturated heterocycles. The van der Waals surface area contributed by atoms with Crippen molar-refractivity contribution in [1.29, 1.82) is 0 Å². The van der Waals surface area contributed by atoms with E-state index in [0.717, 1.165) is 4.90 Å². The maximum atomic E-state index is 13.7. The minimum Gasteiger partial charge on any atom is -0.327 e. The van der Waals surface area contributed by atoms with Gasteiger partial charge >= 0.3 is 0 Å². The Morgan fingerprint density at radius 2 is 2.23 bits per heavy atom. The number of halogens is 1. The number of alkyl halides is 1. The summed E-state index contributed by atoms with van der Waals surface area (Å²) in [4.78, 5) is 1.06. The fraction of sp³-hybridized carbons (Fsp3) is 0.400. The Hall–Kier alpha value is -0.540. The summed E-state index contributed by atoms with van der Waals surface area (Å²) in [6.07, 6.45) is 1.97. The maximum Gasteiger partial charge on any atom is 0.145 e. The molecule has 1 nitrogen and oxygen atoms in total. The predicted molar refractivity (Wildman–Crippen MR) is 55.7 cm³/mol. The first-order valence-corrected chi connectivity index (χ1v) is 5.36. The molecule has 1 atom stereocenters. The molecule has 2 N–H and O–H groups in total. The van der Waals surface area contributed by atoms with Crippen LogP contribution in [0.3, 0.4) is 0 Å². The molecule has 0 heterocycles. The van der Waals surface area contributed by atoms with E-state index in [-0.39, 0.29) is 6.54 Å². The zero-order valence-corrected chi connectivity index (χ0v) is 8.70. The molecular weight excluding hydrogens is 185 g/mol. The van der Waals surface area contributed by atoms with Crippen molar-refractivity contribution in [3.8, 4) is 0 Å². The lowest BCUT2D eigenvalue weighted by molar-refractivity contribution is 0.203. The first-order chi connectivity index (χ1) is 6.10. The monoisotopic (exact) mass is 199 g/mol. The van der Waals surface area contributed by atoms with Gasteiger partial charge in [-0.1, -0.05) is 12.1 Å². The van der Waals surface area contributed by atoms with Crippen LogP contribution in [0.15, 0.2) is 29.2 Å². The van der Waals surface area contributed by atoms with Gasteiger partial charge in [-0.25, -0.2) is 4.39 Å². The second-order valence-electron chi connectivity index (χ2n) is 3.13. The lowest BCUT2D eigenvalue weighted by Gasteiger charge is -2.18. The van der Waals surface area contributed by atoms with Gasteiger partial charge in [0.25, 0.3) is 0 Å². The van der Waals surface area contributed by atoms with Gasteiger partial charge in [0, 0.05) is 11.4 Å². The van der Waals surface area contributed by atoms with Crippen molar-refractivity contribution < 1.29 is 4.39 Å². The van der Waals surface area contributed by atoms with Crippen LogP contribution in [0.1, 0.15) is 12.5 Å². The average molecular weight is 199 g/mol. The van der Waals surface area contributed by atoms with Crippen molar-refractivity contribution in [2.45, 2.75) is 17.5 Å². The molecule has 0 aliphatic heterocycles. The molecular formula is C10H14FNS. The third-order valence-electron chi connectivity index (χ3n) is 2.05. The summed E-state index contributed by atoms with van der Waals surface area (Å²) in [7, 11) is 0. The minimum atomic E-state index is -1.41. The number of nitrogens with two attached hydrogens (primary N) is 1. The standard InChI is InChI=1S/C10H14FNS/c1-10(11,7-12)8-4-3-5-9(6-8)13-2/h3-6H,7,12H2,1-2H3. The average Bonchev–Trinajstić information content (AvgIpc) is 2.18. The molecule has 0 spiro atoms. The van der Waals surface area contributed by atoms with Gasteiger partial charge < -0.3 is 5.73 Å². The van der Waals surface area contributed by atoms with Gasteiger partial charge in [0.2, 0.25) is 0 Å². The molecule has 0 aliphatic rings. The van der Waals surface area contributed by atoms with E-state index in [0.29, 0.717) is 5.56 Å². The smallest absolute Gasteiger partial charge is 0.145 e. The Kier molecular flexibility index (Phi) is 3.33. The van der Waals surface area contributed by atoms with Crippen molar-refractivity contribution >= 4 is 11.8 Å². The van der Waals surface area contributed by atoms with E-state index in [1.807, 2.05) is 24.5 Å². The van der Waals surface area contributed by atoms with E-state index in [4.69, 9.17) is 5.73 Å². The van der Waals surface area contributed by atoms with Crippen LogP contribution in [0.5, 0.6) is 0 Å². The highest BCUT2D eigenvalue weighted by molar-refractivity contribution is 7.98. The van der Waals surface area contributed by atoms with Crippen LogP contribution in [0.25, 0.3) is 0 Å². The number of thioether (sulfide) groups is 1.